The lowest BCUT2D eigenvalue weighted by Gasteiger charge is -2.26. The SMILES string of the molecule is CCOP(=O)(OC)C(CCCCN1C(=O)c2ccccc2C1=O)NC(=O)OCc1ccccc1. The molecular weight excluding hydrogens is 459 g/mol. The minimum atomic E-state index is -3.66. The lowest BCUT2D eigenvalue weighted by Crippen LogP contribution is -2.36. The summed E-state index contributed by atoms with van der Waals surface area (Å²) in [6.45, 7) is 2.09. The van der Waals surface area contributed by atoms with Gasteiger partial charge in [-0.3, -0.25) is 19.1 Å². The molecule has 0 saturated heterocycles. The van der Waals surface area contributed by atoms with E-state index in [9.17, 15) is 18.9 Å². The first-order valence-electron chi connectivity index (χ1n) is 11.1. The molecule has 3 amide bonds. The average Bonchev–Trinajstić information content (AvgIpc) is 3.10. The predicted molar refractivity (Wildman–Crippen MR) is 125 cm³/mol. The van der Waals surface area contributed by atoms with Gasteiger partial charge in [-0.25, -0.2) is 4.79 Å². The van der Waals surface area contributed by atoms with Gasteiger partial charge in [0.1, 0.15) is 12.4 Å². The number of rotatable bonds is 12. The van der Waals surface area contributed by atoms with Crippen LogP contribution in [0.1, 0.15) is 52.5 Å². The maximum atomic E-state index is 13.2. The van der Waals surface area contributed by atoms with E-state index in [1.165, 1.54) is 12.0 Å². The summed E-state index contributed by atoms with van der Waals surface area (Å²) in [7, 11) is -2.39. The number of benzene rings is 2. The van der Waals surface area contributed by atoms with Crippen LogP contribution in [0, 0.1) is 0 Å². The van der Waals surface area contributed by atoms with Crippen molar-refractivity contribution in [1.82, 2.24) is 10.2 Å². The Balaban J connectivity index is 1.56. The number of unbranched alkanes of at least 4 members (excludes halogenated alkanes) is 1. The number of ether oxygens (including phenoxy) is 1. The number of fused-ring (bicyclic) bond motifs is 1. The molecule has 0 bridgehead atoms. The van der Waals surface area contributed by atoms with E-state index in [4.69, 9.17) is 13.8 Å². The highest BCUT2D eigenvalue weighted by Crippen LogP contribution is 2.52. The molecule has 0 spiro atoms. The highest BCUT2D eigenvalue weighted by molar-refractivity contribution is 7.54. The molecule has 0 aromatic heterocycles. The van der Waals surface area contributed by atoms with E-state index in [1.807, 2.05) is 30.3 Å². The fraction of sp³-hybridized carbons (Fsp3) is 0.375. The Hall–Kier alpha value is -3.00. The average molecular weight is 488 g/mol. The summed E-state index contributed by atoms with van der Waals surface area (Å²) in [6, 6.07) is 15.9. The van der Waals surface area contributed by atoms with Gasteiger partial charge in [0.2, 0.25) is 0 Å². The molecule has 2 aromatic carbocycles. The van der Waals surface area contributed by atoms with Gasteiger partial charge in [0, 0.05) is 13.7 Å². The molecule has 10 heteroatoms. The number of hydrogen-bond donors (Lipinski definition) is 1. The third-order valence-electron chi connectivity index (χ3n) is 5.43. The second kappa shape index (κ2) is 11.9. The fourth-order valence-electron chi connectivity index (χ4n) is 3.71. The summed E-state index contributed by atoms with van der Waals surface area (Å²) in [4.78, 5) is 38.6. The van der Waals surface area contributed by atoms with Gasteiger partial charge in [-0.1, -0.05) is 42.5 Å². The number of nitrogens with one attached hydrogen (secondary N) is 1. The Morgan fingerprint density at radius 3 is 2.21 bits per heavy atom. The zero-order valence-electron chi connectivity index (χ0n) is 19.3. The molecule has 3 rings (SSSR count). The summed E-state index contributed by atoms with van der Waals surface area (Å²) in [5, 5.41) is 2.60. The van der Waals surface area contributed by atoms with Crippen LogP contribution in [0.25, 0.3) is 0 Å². The first kappa shape index (κ1) is 25.6. The van der Waals surface area contributed by atoms with Crippen molar-refractivity contribution in [2.24, 2.45) is 0 Å². The minimum absolute atomic E-state index is 0.0606. The number of hydrogen-bond acceptors (Lipinski definition) is 7. The van der Waals surface area contributed by atoms with Crippen LogP contribution < -0.4 is 5.32 Å². The van der Waals surface area contributed by atoms with Crippen LogP contribution >= 0.6 is 7.60 Å². The normalized spacial score (nSPS) is 15.5. The fourth-order valence-corrected chi connectivity index (χ4v) is 5.37. The predicted octanol–water partition coefficient (Wildman–Crippen LogP) is 4.58. The van der Waals surface area contributed by atoms with Crippen molar-refractivity contribution in [2.75, 3.05) is 20.3 Å². The number of amides is 3. The molecule has 9 nitrogen and oxygen atoms in total. The van der Waals surface area contributed by atoms with Gasteiger partial charge in [-0.05, 0) is 43.9 Å². The van der Waals surface area contributed by atoms with Gasteiger partial charge in [-0.2, -0.15) is 0 Å². The second-order valence-corrected chi connectivity index (χ2v) is 9.99. The summed E-state index contributed by atoms with van der Waals surface area (Å²) < 4.78 is 28.9. The molecule has 34 heavy (non-hydrogen) atoms. The lowest BCUT2D eigenvalue weighted by atomic mass is 10.1. The Morgan fingerprint density at radius 1 is 1.00 bits per heavy atom. The Bertz CT molecular complexity index is 1030. The molecule has 2 atom stereocenters. The molecule has 1 aliphatic heterocycles. The minimum Gasteiger partial charge on any atom is -0.445 e. The van der Waals surface area contributed by atoms with Gasteiger partial charge in [0.05, 0.1) is 17.7 Å². The Labute approximate surface area is 198 Å². The van der Waals surface area contributed by atoms with Crippen molar-refractivity contribution in [3.05, 3.63) is 71.3 Å². The molecular formula is C24H29N2O7P. The van der Waals surface area contributed by atoms with E-state index in [0.717, 1.165) is 5.56 Å². The molecule has 1 N–H and O–H groups in total. The van der Waals surface area contributed by atoms with Crippen LogP contribution in [0.5, 0.6) is 0 Å². The van der Waals surface area contributed by atoms with Crippen molar-refractivity contribution in [3.63, 3.8) is 0 Å². The number of imide groups is 1. The first-order chi connectivity index (χ1) is 16.4. The van der Waals surface area contributed by atoms with Crippen molar-refractivity contribution in [1.29, 1.82) is 0 Å². The van der Waals surface area contributed by atoms with E-state index in [-0.39, 0.29) is 38.0 Å². The Kier molecular flexibility index (Phi) is 8.98. The van der Waals surface area contributed by atoms with Crippen LogP contribution in [0.2, 0.25) is 0 Å². The summed E-state index contributed by atoms with van der Waals surface area (Å²) in [5.74, 6) is -1.59. The zero-order valence-corrected chi connectivity index (χ0v) is 20.2. The zero-order chi connectivity index (χ0) is 24.6. The summed E-state index contributed by atoms with van der Waals surface area (Å²) >= 11 is 0. The van der Waals surface area contributed by atoms with E-state index in [2.05, 4.69) is 5.32 Å². The van der Waals surface area contributed by atoms with Gasteiger partial charge < -0.3 is 19.1 Å². The maximum absolute atomic E-state index is 13.2. The lowest BCUT2D eigenvalue weighted by molar-refractivity contribution is 0.0651. The van der Waals surface area contributed by atoms with E-state index in [1.54, 1.807) is 31.2 Å². The third kappa shape index (κ3) is 6.11. The van der Waals surface area contributed by atoms with Gasteiger partial charge in [-0.15, -0.1) is 0 Å². The third-order valence-corrected chi connectivity index (χ3v) is 7.71. The van der Waals surface area contributed by atoms with Gasteiger partial charge >= 0.3 is 13.7 Å². The second-order valence-electron chi connectivity index (χ2n) is 7.67. The van der Waals surface area contributed by atoms with Crippen molar-refractivity contribution in [3.8, 4) is 0 Å². The number of nitrogens with zero attached hydrogens (tertiary/aromatic N) is 1. The van der Waals surface area contributed by atoms with Crippen LogP contribution in [0.15, 0.2) is 54.6 Å². The molecule has 0 saturated carbocycles. The van der Waals surface area contributed by atoms with E-state index in [0.29, 0.717) is 24.0 Å². The van der Waals surface area contributed by atoms with E-state index < -0.39 is 19.5 Å². The van der Waals surface area contributed by atoms with Crippen molar-refractivity contribution >= 4 is 25.5 Å². The molecule has 0 aliphatic carbocycles. The van der Waals surface area contributed by atoms with Crippen LogP contribution in [0.4, 0.5) is 4.79 Å². The number of alkyl carbamates (subject to hydrolysis) is 1. The van der Waals surface area contributed by atoms with Gasteiger partial charge in [0.25, 0.3) is 11.8 Å². The van der Waals surface area contributed by atoms with Crippen molar-refractivity contribution in [2.45, 2.75) is 38.6 Å². The highest BCUT2D eigenvalue weighted by Gasteiger charge is 2.37. The quantitative estimate of drug-likeness (QED) is 0.264. The van der Waals surface area contributed by atoms with Crippen molar-refractivity contribution < 1.29 is 32.7 Å². The largest absolute Gasteiger partial charge is 0.445 e. The van der Waals surface area contributed by atoms with Crippen LogP contribution in [0.3, 0.4) is 0 Å². The van der Waals surface area contributed by atoms with Crippen LogP contribution in [-0.4, -0.2) is 48.9 Å². The molecule has 2 unspecified atom stereocenters. The van der Waals surface area contributed by atoms with Gasteiger partial charge in [0.15, 0.2) is 0 Å². The summed E-state index contributed by atoms with van der Waals surface area (Å²) in [5.41, 5.74) is 1.61. The molecule has 2 aromatic rings. The summed E-state index contributed by atoms with van der Waals surface area (Å²) in [6.07, 6.45) is 0.413. The smallest absolute Gasteiger partial charge is 0.408 e. The Morgan fingerprint density at radius 2 is 1.62 bits per heavy atom. The topological polar surface area (TPSA) is 111 Å². The standard InChI is InChI=1S/C24H29N2O7P/c1-3-33-34(30,31-2)21(25-24(29)32-17-18-11-5-4-6-12-18)15-9-10-16-26-22(27)19-13-7-8-14-20(19)23(26)28/h4-8,11-14,21H,3,9-10,15-17H2,1-2H3,(H,25,29). The number of carbonyl (C=O) groups excluding carboxylic acids is 3. The molecule has 1 heterocycles. The van der Waals surface area contributed by atoms with E-state index >= 15 is 0 Å². The molecule has 1 aliphatic rings. The number of carbonyl (C=O) groups is 3. The molecule has 0 radical (unpaired) electrons. The van der Waals surface area contributed by atoms with Crippen LogP contribution in [-0.2, 0) is 25.0 Å². The maximum Gasteiger partial charge on any atom is 0.408 e. The molecule has 0 fully saturated rings. The molecule has 182 valence electrons. The first-order valence-corrected chi connectivity index (χ1v) is 12.7. The monoisotopic (exact) mass is 488 g/mol. The highest BCUT2D eigenvalue weighted by atomic mass is 31.2.